The second-order valence-electron chi connectivity index (χ2n) is 4.79. The predicted molar refractivity (Wildman–Crippen MR) is 80.1 cm³/mol. The average molecular weight is 324 g/mol. The highest BCUT2D eigenvalue weighted by Gasteiger charge is 2.15. The molecule has 1 saturated heterocycles. The minimum atomic E-state index is 0.916. The van der Waals surface area contributed by atoms with E-state index >= 15 is 0 Å². The van der Waals surface area contributed by atoms with Crippen LogP contribution in [0.5, 0.6) is 0 Å². The van der Waals surface area contributed by atoms with E-state index in [1.54, 1.807) is 10.7 Å². The summed E-state index contributed by atoms with van der Waals surface area (Å²) in [6, 6.07) is 4.00. The quantitative estimate of drug-likeness (QED) is 0.805. The minimum Gasteiger partial charge on any atom is -0.355 e. The number of alkyl halides is 1. The highest BCUT2D eigenvalue weighted by Crippen LogP contribution is 2.14. The van der Waals surface area contributed by atoms with E-state index in [0.717, 1.165) is 43.0 Å². The molecule has 0 spiro atoms. The van der Waals surface area contributed by atoms with Gasteiger partial charge in [-0.1, -0.05) is 15.9 Å². The number of fused-ring (bicyclic) bond motifs is 1. The highest BCUT2D eigenvalue weighted by molar-refractivity contribution is 9.09. The molecule has 1 fully saturated rings. The first-order chi connectivity index (χ1) is 9.36. The first kappa shape index (κ1) is 12.9. The van der Waals surface area contributed by atoms with Crippen molar-refractivity contribution in [1.82, 2.24) is 19.5 Å². The van der Waals surface area contributed by atoms with Gasteiger partial charge in [0.2, 0.25) is 0 Å². The summed E-state index contributed by atoms with van der Waals surface area (Å²) in [5, 5.41) is 5.23. The molecule has 0 saturated carbocycles. The molecule has 19 heavy (non-hydrogen) atoms. The molecule has 0 aromatic carbocycles. The van der Waals surface area contributed by atoms with Crippen molar-refractivity contribution in [1.29, 1.82) is 0 Å². The van der Waals surface area contributed by atoms with Crippen molar-refractivity contribution in [3.63, 3.8) is 0 Å². The molecule has 5 nitrogen and oxygen atoms in total. The van der Waals surface area contributed by atoms with Crippen molar-refractivity contribution < 1.29 is 0 Å². The molecule has 0 bridgehead atoms. The van der Waals surface area contributed by atoms with Crippen LogP contribution in [0.3, 0.4) is 0 Å². The Morgan fingerprint density at radius 2 is 2.11 bits per heavy atom. The molecule has 0 atom stereocenters. The second kappa shape index (κ2) is 5.88. The number of hydrogen-bond donors (Lipinski definition) is 0. The standard InChI is InChI=1S/C13H18BrN5/c14-4-9-17-6-1-7-18(11-10-17)12-3-8-19-13(16-12)2-5-15-19/h2-3,5,8H,1,4,6-7,9-11H2. The van der Waals surface area contributed by atoms with E-state index in [4.69, 9.17) is 0 Å². The van der Waals surface area contributed by atoms with Crippen molar-refractivity contribution in [2.75, 3.05) is 43.0 Å². The maximum atomic E-state index is 4.67. The lowest BCUT2D eigenvalue weighted by Gasteiger charge is -2.22. The van der Waals surface area contributed by atoms with Gasteiger partial charge in [0, 0.05) is 43.8 Å². The lowest BCUT2D eigenvalue weighted by atomic mass is 10.4. The molecule has 0 unspecified atom stereocenters. The topological polar surface area (TPSA) is 36.7 Å². The molecule has 1 aliphatic heterocycles. The van der Waals surface area contributed by atoms with Crippen molar-refractivity contribution in [2.45, 2.75) is 6.42 Å². The zero-order valence-corrected chi connectivity index (χ0v) is 12.5. The maximum absolute atomic E-state index is 4.67. The second-order valence-corrected chi connectivity index (χ2v) is 5.58. The fourth-order valence-corrected chi connectivity index (χ4v) is 3.02. The Morgan fingerprint density at radius 3 is 3.00 bits per heavy atom. The molecule has 102 valence electrons. The number of aromatic nitrogens is 3. The molecule has 3 heterocycles. The molecule has 1 aliphatic rings. The van der Waals surface area contributed by atoms with Crippen LogP contribution in [0, 0.1) is 0 Å². The van der Waals surface area contributed by atoms with E-state index in [-0.39, 0.29) is 0 Å². The molecule has 0 radical (unpaired) electrons. The van der Waals surface area contributed by atoms with Crippen LogP contribution in [0.15, 0.2) is 24.5 Å². The van der Waals surface area contributed by atoms with E-state index < -0.39 is 0 Å². The molecule has 0 amide bonds. The van der Waals surface area contributed by atoms with Gasteiger partial charge in [0.15, 0.2) is 5.65 Å². The summed E-state index contributed by atoms with van der Waals surface area (Å²) in [5.41, 5.74) is 0.916. The molecule has 0 N–H and O–H groups in total. The summed E-state index contributed by atoms with van der Waals surface area (Å²) in [5.74, 6) is 1.06. The number of nitrogens with zero attached hydrogens (tertiary/aromatic N) is 5. The van der Waals surface area contributed by atoms with Gasteiger partial charge in [-0.3, -0.25) is 0 Å². The van der Waals surface area contributed by atoms with Gasteiger partial charge in [0.05, 0.1) is 6.20 Å². The third-order valence-electron chi connectivity index (χ3n) is 3.56. The Balaban J connectivity index is 1.74. The van der Waals surface area contributed by atoms with Crippen LogP contribution < -0.4 is 4.90 Å². The summed E-state index contributed by atoms with van der Waals surface area (Å²) in [6.45, 7) is 5.54. The fraction of sp³-hybridized carbons (Fsp3) is 0.538. The molecular weight excluding hydrogens is 306 g/mol. The van der Waals surface area contributed by atoms with Crippen molar-refractivity contribution >= 4 is 27.4 Å². The number of halogens is 1. The summed E-state index contributed by atoms with van der Waals surface area (Å²) in [7, 11) is 0. The van der Waals surface area contributed by atoms with Crippen molar-refractivity contribution in [3.05, 3.63) is 24.5 Å². The van der Waals surface area contributed by atoms with Gasteiger partial charge in [0.1, 0.15) is 5.82 Å². The number of hydrogen-bond acceptors (Lipinski definition) is 4. The van der Waals surface area contributed by atoms with Gasteiger partial charge < -0.3 is 9.80 Å². The summed E-state index contributed by atoms with van der Waals surface area (Å²) >= 11 is 3.52. The lowest BCUT2D eigenvalue weighted by molar-refractivity contribution is 0.313. The van der Waals surface area contributed by atoms with E-state index in [0.29, 0.717) is 0 Å². The smallest absolute Gasteiger partial charge is 0.157 e. The zero-order valence-electron chi connectivity index (χ0n) is 10.9. The van der Waals surface area contributed by atoms with Crippen molar-refractivity contribution in [2.24, 2.45) is 0 Å². The van der Waals surface area contributed by atoms with Crippen LogP contribution >= 0.6 is 15.9 Å². The van der Waals surface area contributed by atoms with Crippen LogP contribution in [0.4, 0.5) is 5.82 Å². The van der Waals surface area contributed by atoms with Gasteiger partial charge in [-0.2, -0.15) is 5.10 Å². The normalized spacial score (nSPS) is 17.8. The minimum absolute atomic E-state index is 0.916. The molecular formula is C13H18BrN5. The van der Waals surface area contributed by atoms with E-state index in [1.807, 2.05) is 12.3 Å². The Bertz CT molecular complexity index is 541. The van der Waals surface area contributed by atoms with Crippen LogP contribution in [0.1, 0.15) is 6.42 Å². The first-order valence-corrected chi connectivity index (χ1v) is 7.82. The molecule has 2 aromatic heterocycles. The Morgan fingerprint density at radius 1 is 1.16 bits per heavy atom. The van der Waals surface area contributed by atoms with Crippen molar-refractivity contribution in [3.8, 4) is 0 Å². The van der Waals surface area contributed by atoms with Crippen LogP contribution in [0.25, 0.3) is 5.65 Å². The Kier molecular flexibility index (Phi) is 3.98. The van der Waals surface area contributed by atoms with E-state index in [2.05, 4.69) is 41.9 Å². The third kappa shape index (κ3) is 2.90. The average Bonchev–Trinajstić information content (AvgIpc) is 2.77. The fourth-order valence-electron chi connectivity index (χ4n) is 2.52. The van der Waals surface area contributed by atoms with Gasteiger partial charge >= 0.3 is 0 Å². The first-order valence-electron chi connectivity index (χ1n) is 6.70. The van der Waals surface area contributed by atoms with Crippen LogP contribution in [-0.4, -0.2) is 57.6 Å². The van der Waals surface area contributed by atoms with E-state index in [9.17, 15) is 0 Å². The summed E-state index contributed by atoms with van der Waals surface area (Å²) < 4.78 is 1.80. The van der Waals surface area contributed by atoms with Crippen LogP contribution in [-0.2, 0) is 0 Å². The SMILES string of the molecule is BrCCN1CCCN(c2ccn3nccc3n2)CC1. The largest absolute Gasteiger partial charge is 0.355 e. The monoisotopic (exact) mass is 323 g/mol. The Labute approximate surface area is 121 Å². The van der Waals surface area contributed by atoms with Gasteiger partial charge in [-0.15, -0.1) is 0 Å². The van der Waals surface area contributed by atoms with Gasteiger partial charge in [-0.05, 0) is 19.0 Å². The molecule has 2 aromatic rings. The number of anilines is 1. The molecule has 6 heteroatoms. The molecule has 0 aliphatic carbocycles. The Hall–Kier alpha value is -1.14. The van der Waals surface area contributed by atoms with Crippen LogP contribution in [0.2, 0.25) is 0 Å². The maximum Gasteiger partial charge on any atom is 0.157 e. The van der Waals surface area contributed by atoms with Gasteiger partial charge in [-0.25, -0.2) is 9.50 Å². The predicted octanol–water partition coefficient (Wildman–Crippen LogP) is 1.64. The molecule has 3 rings (SSSR count). The van der Waals surface area contributed by atoms with Gasteiger partial charge in [0.25, 0.3) is 0 Å². The summed E-state index contributed by atoms with van der Waals surface area (Å²) in [4.78, 5) is 9.55. The zero-order chi connectivity index (χ0) is 13.1. The summed E-state index contributed by atoms with van der Waals surface area (Å²) in [6.07, 6.45) is 4.96. The highest BCUT2D eigenvalue weighted by atomic mass is 79.9. The van der Waals surface area contributed by atoms with E-state index in [1.165, 1.54) is 13.0 Å². The number of rotatable bonds is 3. The third-order valence-corrected chi connectivity index (χ3v) is 3.91. The lowest BCUT2D eigenvalue weighted by Crippen LogP contribution is -2.32.